The molecule has 1 heterocycles. The van der Waals surface area contributed by atoms with Crippen LogP contribution in [0.2, 0.25) is 0 Å². The predicted molar refractivity (Wildman–Crippen MR) is 66.0 cm³/mol. The van der Waals surface area contributed by atoms with Crippen molar-refractivity contribution in [2.45, 2.75) is 45.4 Å². The van der Waals surface area contributed by atoms with Crippen LogP contribution in [0.3, 0.4) is 0 Å². The quantitative estimate of drug-likeness (QED) is 0.564. The van der Waals surface area contributed by atoms with Crippen LogP contribution in [0.1, 0.15) is 60.9 Å². The maximum absolute atomic E-state index is 11.2. The Labute approximate surface area is 101 Å². The molecular formula is C12H19NO2S. The van der Waals surface area contributed by atoms with Gasteiger partial charge in [-0.3, -0.25) is 0 Å². The highest BCUT2D eigenvalue weighted by atomic mass is 32.1. The van der Waals surface area contributed by atoms with E-state index < -0.39 is 0 Å². The highest BCUT2D eigenvalue weighted by molar-refractivity contribution is 7.09. The summed E-state index contributed by atoms with van der Waals surface area (Å²) in [6, 6.07) is 0. The van der Waals surface area contributed by atoms with Crippen molar-refractivity contribution in [3.8, 4) is 0 Å². The van der Waals surface area contributed by atoms with Crippen LogP contribution in [0.15, 0.2) is 5.38 Å². The Morgan fingerprint density at radius 1 is 1.56 bits per heavy atom. The fraction of sp³-hybridized carbons (Fsp3) is 0.667. The number of aromatic nitrogens is 1. The van der Waals surface area contributed by atoms with Crippen LogP contribution in [0.5, 0.6) is 0 Å². The van der Waals surface area contributed by atoms with Gasteiger partial charge in [-0.25, -0.2) is 9.78 Å². The molecule has 0 aliphatic carbocycles. The summed E-state index contributed by atoms with van der Waals surface area (Å²) in [5, 5.41) is 2.81. The number of carbonyl (C=O) groups is 1. The van der Waals surface area contributed by atoms with Crippen molar-refractivity contribution in [2.24, 2.45) is 0 Å². The SMILES string of the molecule is CCCCCC(C)c1nc(C(=O)OC)cs1. The number of thiazole rings is 1. The number of carbonyl (C=O) groups excluding carboxylic acids is 1. The third-order valence-electron chi connectivity index (χ3n) is 2.58. The van der Waals surface area contributed by atoms with Crippen LogP contribution in [0.4, 0.5) is 0 Å². The van der Waals surface area contributed by atoms with Crippen molar-refractivity contribution in [2.75, 3.05) is 7.11 Å². The third kappa shape index (κ3) is 3.59. The number of nitrogens with zero attached hydrogens (tertiary/aromatic N) is 1. The highest BCUT2D eigenvalue weighted by Crippen LogP contribution is 2.25. The molecule has 0 bridgehead atoms. The van der Waals surface area contributed by atoms with Gasteiger partial charge in [0.15, 0.2) is 5.69 Å². The van der Waals surface area contributed by atoms with Crippen molar-refractivity contribution in [1.29, 1.82) is 0 Å². The lowest BCUT2D eigenvalue weighted by molar-refractivity contribution is 0.0594. The number of esters is 1. The van der Waals surface area contributed by atoms with E-state index in [0.29, 0.717) is 11.6 Å². The van der Waals surface area contributed by atoms with Gasteiger partial charge in [0.1, 0.15) is 0 Å². The Hall–Kier alpha value is -0.900. The molecule has 0 spiro atoms. The maximum Gasteiger partial charge on any atom is 0.357 e. The lowest BCUT2D eigenvalue weighted by Crippen LogP contribution is -2.02. The molecule has 1 unspecified atom stereocenters. The molecule has 1 aromatic rings. The molecular weight excluding hydrogens is 222 g/mol. The monoisotopic (exact) mass is 241 g/mol. The maximum atomic E-state index is 11.2. The molecule has 90 valence electrons. The van der Waals surface area contributed by atoms with Gasteiger partial charge >= 0.3 is 5.97 Å². The molecule has 4 heteroatoms. The van der Waals surface area contributed by atoms with Gasteiger partial charge in [0.25, 0.3) is 0 Å². The summed E-state index contributed by atoms with van der Waals surface area (Å²) in [6.45, 7) is 4.36. The smallest absolute Gasteiger partial charge is 0.357 e. The van der Waals surface area contributed by atoms with Crippen LogP contribution in [-0.2, 0) is 4.74 Å². The van der Waals surface area contributed by atoms with Gasteiger partial charge in [-0.05, 0) is 6.42 Å². The number of hydrogen-bond donors (Lipinski definition) is 0. The first-order chi connectivity index (χ1) is 7.69. The van der Waals surface area contributed by atoms with E-state index in [9.17, 15) is 4.79 Å². The second-order valence-corrected chi connectivity index (χ2v) is 4.85. The Morgan fingerprint density at radius 3 is 2.94 bits per heavy atom. The zero-order chi connectivity index (χ0) is 12.0. The van der Waals surface area contributed by atoms with E-state index in [2.05, 4.69) is 23.6 Å². The van der Waals surface area contributed by atoms with E-state index in [4.69, 9.17) is 0 Å². The molecule has 1 aromatic heterocycles. The summed E-state index contributed by atoms with van der Waals surface area (Å²) in [6.07, 6.45) is 4.87. The van der Waals surface area contributed by atoms with Gasteiger partial charge in [0.2, 0.25) is 0 Å². The van der Waals surface area contributed by atoms with Crippen molar-refractivity contribution in [3.63, 3.8) is 0 Å². The van der Waals surface area contributed by atoms with Crippen LogP contribution in [0, 0.1) is 0 Å². The number of unbranched alkanes of at least 4 members (excludes halogenated alkanes) is 2. The van der Waals surface area contributed by atoms with E-state index >= 15 is 0 Å². The first-order valence-electron chi connectivity index (χ1n) is 5.72. The number of methoxy groups -OCH3 is 1. The summed E-state index contributed by atoms with van der Waals surface area (Å²) in [7, 11) is 1.38. The molecule has 0 N–H and O–H groups in total. The Kier molecular flexibility index (Phi) is 5.46. The van der Waals surface area contributed by atoms with Gasteiger partial charge in [-0.15, -0.1) is 11.3 Å². The fourth-order valence-electron chi connectivity index (χ4n) is 1.54. The Balaban J connectivity index is 2.52. The second kappa shape index (κ2) is 6.63. The zero-order valence-corrected chi connectivity index (χ0v) is 11.0. The number of ether oxygens (including phenoxy) is 1. The van der Waals surface area contributed by atoms with E-state index in [1.807, 2.05) is 0 Å². The average Bonchev–Trinajstić information content (AvgIpc) is 2.77. The standard InChI is InChI=1S/C12H19NO2S/c1-4-5-6-7-9(2)11-13-10(8-16-11)12(14)15-3/h8-9H,4-7H2,1-3H3. The molecule has 1 atom stereocenters. The molecule has 0 aromatic carbocycles. The zero-order valence-electron chi connectivity index (χ0n) is 10.2. The normalized spacial score (nSPS) is 12.4. The lowest BCUT2D eigenvalue weighted by atomic mass is 10.0. The molecule has 1 rings (SSSR count). The van der Waals surface area contributed by atoms with Gasteiger partial charge in [-0.1, -0.05) is 33.1 Å². The molecule has 0 aliphatic heterocycles. The van der Waals surface area contributed by atoms with Crippen molar-refractivity contribution in [3.05, 3.63) is 16.1 Å². The van der Waals surface area contributed by atoms with Crippen LogP contribution < -0.4 is 0 Å². The summed E-state index contributed by atoms with van der Waals surface area (Å²) in [5.74, 6) is 0.0956. The molecule has 0 radical (unpaired) electrons. The third-order valence-corrected chi connectivity index (χ3v) is 3.66. The van der Waals surface area contributed by atoms with Gasteiger partial charge in [0, 0.05) is 11.3 Å². The summed E-state index contributed by atoms with van der Waals surface area (Å²) < 4.78 is 4.63. The summed E-state index contributed by atoms with van der Waals surface area (Å²) in [4.78, 5) is 15.5. The molecule has 0 saturated heterocycles. The van der Waals surface area contributed by atoms with E-state index in [1.165, 1.54) is 26.4 Å². The van der Waals surface area contributed by atoms with Crippen LogP contribution in [-0.4, -0.2) is 18.1 Å². The van der Waals surface area contributed by atoms with E-state index in [0.717, 1.165) is 11.4 Å². The van der Waals surface area contributed by atoms with Crippen LogP contribution in [0.25, 0.3) is 0 Å². The van der Waals surface area contributed by atoms with Gasteiger partial charge < -0.3 is 4.74 Å². The topological polar surface area (TPSA) is 39.2 Å². The predicted octanol–water partition coefficient (Wildman–Crippen LogP) is 3.61. The number of rotatable bonds is 6. The molecule has 0 fully saturated rings. The summed E-state index contributed by atoms with van der Waals surface area (Å²) in [5.41, 5.74) is 0.435. The second-order valence-electron chi connectivity index (χ2n) is 3.96. The molecule has 16 heavy (non-hydrogen) atoms. The van der Waals surface area contributed by atoms with Crippen LogP contribution >= 0.6 is 11.3 Å². The fourth-order valence-corrected chi connectivity index (χ4v) is 2.42. The highest BCUT2D eigenvalue weighted by Gasteiger charge is 2.14. The molecule has 0 amide bonds. The largest absolute Gasteiger partial charge is 0.464 e. The average molecular weight is 241 g/mol. The first-order valence-corrected chi connectivity index (χ1v) is 6.60. The van der Waals surface area contributed by atoms with E-state index in [-0.39, 0.29) is 5.97 Å². The van der Waals surface area contributed by atoms with Gasteiger partial charge in [0.05, 0.1) is 12.1 Å². The van der Waals surface area contributed by atoms with Crippen molar-refractivity contribution >= 4 is 17.3 Å². The first kappa shape index (κ1) is 13.2. The van der Waals surface area contributed by atoms with Crippen molar-refractivity contribution < 1.29 is 9.53 Å². The molecule has 0 aliphatic rings. The minimum absolute atomic E-state index is 0.344. The van der Waals surface area contributed by atoms with E-state index in [1.54, 1.807) is 16.7 Å². The minimum atomic E-state index is -0.344. The minimum Gasteiger partial charge on any atom is -0.464 e. The Morgan fingerprint density at radius 2 is 2.31 bits per heavy atom. The lowest BCUT2D eigenvalue weighted by Gasteiger charge is -2.06. The summed E-state index contributed by atoms with van der Waals surface area (Å²) >= 11 is 1.55. The van der Waals surface area contributed by atoms with Gasteiger partial charge in [-0.2, -0.15) is 0 Å². The Bertz CT molecular complexity index is 336. The number of hydrogen-bond acceptors (Lipinski definition) is 4. The molecule has 0 saturated carbocycles. The molecule has 3 nitrogen and oxygen atoms in total. The van der Waals surface area contributed by atoms with Crippen molar-refractivity contribution in [1.82, 2.24) is 4.98 Å².